The van der Waals surface area contributed by atoms with Crippen molar-refractivity contribution in [1.82, 2.24) is 5.32 Å². The van der Waals surface area contributed by atoms with Crippen molar-refractivity contribution in [1.29, 1.82) is 0 Å². The van der Waals surface area contributed by atoms with Crippen molar-refractivity contribution in [3.63, 3.8) is 0 Å². The molecule has 3 nitrogen and oxygen atoms in total. The Hall–Kier alpha value is -6.71. The minimum Gasteiger partial charge on any atom is -0.485 e. The van der Waals surface area contributed by atoms with E-state index in [-0.39, 0.29) is 18.2 Å². The van der Waals surface area contributed by atoms with Crippen molar-refractivity contribution >= 4 is 16.6 Å². The third-order valence-corrected chi connectivity index (χ3v) is 12.3. The molecule has 2 heterocycles. The normalized spacial score (nSPS) is 19.1. The third-order valence-electron chi connectivity index (χ3n) is 12.3. The summed E-state index contributed by atoms with van der Waals surface area (Å²) in [5.41, 5.74) is 15.9. The van der Waals surface area contributed by atoms with Gasteiger partial charge in [-0.15, -0.1) is 0 Å². The Morgan fingerprint density at radius 1 is 0.519 bits per heavy atom. The molecular formula is C51H34N2O. The molecule has 1 spiro atoms. The number of hydrogen-bond acceptors (Lipinski definition) is 3. The van der Waals surface area contributed by atoms with Gasteiger partial charge in [0.15, 0.2) is 0 Å². The molecule has 8 aromatic rings. The second-order valence-corrected chi connectivity index (χ2v) is 14.9. The monoisotopic (exact) mass is 690 g/mol. The van der Waals surface area contributed by atoms with Crippen molar-refractivity contribution in [3.8, 4) is 39.1 Å². The van der Waals surface area contributed by atoms with Crippen LogP contribution in [0.2, 0.25) is 0 Å². The van der Waals surface area contributed by atoms with E-state index in [0.29, 0.717) is 0 Å². The maximum absolute atomic E-state index is 6.84. The molecule has 12 rings (SSSR count). The average Bonchev–Trinajstić information content (AvgIpc) is 3.88. The lowest BCUT2D eigenvalue weighted by Gasteiger charge is -2.34. The first-order valence-electron chi connectivity index (χ1n) is 18.9. The highest BCUT2D eigenvalue weighted by Gasteiger charge is 2.54. The Labute approximate surface area is 314 Å². The summed E-state index contributed by atoms with van der Waals surface area (Å²) in [5.74, 6) is 1.83. The lowest BCUT2D eigenvalue weighted by atomic mass is 9.68. The fraction of sp³-hybridized carbons (Fsp3) is 0.0784. The number of hydrogen-bond donors (Lipinski definition) is 1. The highest BCUT2D eigenvalue weighted by molar-refractivity contribution is 6.09. The summed E-state index contributed by atoms with van der Waals surface area (Å²) >= 11 is 0. The van der Waals surface area contributed by atoms with Gasteiger partial charge >= 0.3 is 0 Å². The number of para-hydroxylation sites is 1. The maximum Gasteiger partial charge on any atom is 0.149 e. The second-order valence-electron chi connectivity index (χ2n) is 14.9. The number of nitrogens with zero attached hydrogens (tertiary/aromatic N) is 1. The van der Waals surface area contributed by atoms with Crippen molar-refractivity contribution in [2.24, 2.45) is 4.99 Å². The zero-order chi connectivity index (χ0) is 35.4. The van der Waals surface area contributed by atoms with Gasteiger partial charge in [0.05, 0.1) is 11.5 Å². The predicted octanol–water partition coefficient (Wildman–Crippen LogP) is 11.4. The van der Waals surface area contributed by atoms with Crippen molar-refractivity contribution < 1.29 is 4.74 Å². The maximum atomic E-state index is 6.84. The van der Waals surface area contributed by atoms with Gasteiger partial charge in [-0.2, -0.15) is 0 Å². The Morgan fingerprint density at radius 3 is 1.94 bits per heavy atom. The van der Waals surface area contributed by atoms with Crippen LogP contribution in [-0.4, -0.2) is 11.9 Å². The van der Waals surface area contributed by atoms with Gasteiger partial charge in [-0.25, -0.2) is 0 Å². The minimum atomic E-state index is -0.532. The summed E-state index contributed by atoms with van der Waals surface area (Å²) in [6.07, 6.45) is -0.198. The molecule has 0 fully saturated rings. The summed E-state index contributed by atoms with van der Waals surface area (Å²) in [7, 11) is 0. The number of rotatable bonds is 3. The van der Waals surface area contributed by atoms with Gasteiger partial charge < -0.3 is 10.1 Å². The lowest BCUT2D eigenvalue weighted by molar-refractivity contribution is 0.161. The Kier molecular flexibility index (Phi) is 6.16. The Balaban J connectivity index is 1.18. The fourth-order valence-corrected chi connectivity index (χ4v) is 10.1. The van der Waals surface area contributed by atoms with Gasteiger partial charge in [-0.1, -0.05) is 170 Å². The molecule has 0 aromatic heterocycles. The van der Waals surface area contributed by atoms with E-state index in [4.69, 9.17) is 9.73 Å². The summed E-state index contributed by atoms with van der Waals surface area (Å²) in [5, 5.41) is 6.34. The van der Waals surface area contributed by atoms with Crippen LogP contribution in [0.25, 0.3) is 44.2 Å². The van der Waals surface area contributed by atoms with Gasteiger partial charge in [0.2, 0.25) is 0 Å². The van der Waals surface area contributed by atoms with Crippen LogP contribution in [0.1, 0.15) is 51.0 Å². The molecule has 54 heavy (non-hydrogen) atoms. The Bertz CT molecular complexity index is 2810. The van der Waals surface area contributed by atoms with E-state index in [0.717, 1.165) is 22.7 Å². The van der Waals surface area contributed by atoms with Crippen LogP contribution in [0.3, 0.4) is 0 Å². The first-order chi connectivity index (χ1) is 26.8. The van der Waals surface area contributed by atoms with E-state index in [1.807, 2.05) is 0 Å². The zero-order valence-corrected chi connectivity index (χ0v) is 29.4. The van der Waals surface area contributed by atoms with E-state index in [2.05, 4.69) is 187 Å². The van der Waals surface area contributed by atoms with E-state index in [9.17, 15) is 0 Å². The first-order valence-corrected chi connectivity index (χ1v) is 18.9. The summed E-state index contributed by atoms with van der Waals surface area (Å²) in [6.45, 7) is 0. The van der Waals surface area contributed by atoms with Gasteiger partial charge in [0.1, 0.15) is 23.7 Å². The van der Waals surface area contributed by atoms with Crippen LogP contribution in [0.15, 0.2) is 187 Å². The zero-order valence-electron chi connectivity index (χ0n) is 29.4. The number of nitrogens with one attached hydrogen (secondary N) is 1. The molecule has 254 valence electrons. The van der Waals surface area contributed by atoms with Crippen molar-refractivity contribution in [2.75, 3.05) is 0 Å². The number of amidine groups is 1. The van der Waals surface area contributed by atoms with Gasteiger partial charge in [-0.05, 0) is 84.1 Å². The minimum absolute atomic E-state index is 0.0279. The topological polar surface area (TPSA) is 33.6 Å². The van der Waals surface area contributed by atoms with Crippen LogP contribution in [0.5, 0.6) is 5.75 Å². The molecule has 8 aromatic carbocycles. The third kappa shape index (κ3) is 3.93. The lowest BCUT2D eigenvalue weighted by Crippen LogP contribution is -2.43. The molecular weight excluding hydrogens is 657 g/mol. The van der Waals surface area contributed by atoms with Crippen molar-refractivity contribution in [2.45, 2.75) is 23.6 Å². The molecule has 0 amide bonds. The highest BCUT2D eigenvalue weighted by Crippen LogP contribution is 2.66. The van der Waals surface area contributed by atoms with E-state index >= 15 is 0 Å². The molecule has 3 unspecified atom stereocenters. The molecule has 0 radical (unpaired) electrons. The van der Waals surface area contributed by atoms with Crippen LogP contribution in [0, 0.1) is 0 Å². The van der Waals surface area contributed by atoms with Gasteiger partial charge in [-0.3, -0.25) is 4.99 Å². The largest absolute Gasteiger partial charge is 0.485 e. The number of aliphatic imine (C=N–C) groups is 1. The van der Waals surface area contributed by atoms with Crippen LogP contribution in [-0.2, 0) is 5.41 Å². The molecule has 0 saturated heterocycles. The molecule has 2 aliphatic carbocycles. The molecule has 3 atom stereocenters. The van der Waals surface area contributed by atoms with Crippen LogP contribution in [0.4, 0.5) is 0 Å². The SMILES string of the molecule is c1ccc(C2=NC(c3ccc4c(c3)C3(c5ccccc5-c5ccccc53)c3c-4c(-c4ccccc4)cc4ccccc34)C3Oc4ccccc4C3N2)cc1. The molecule has 0 saturated carbocycles. The highest BCUT2D eigenvalue weighted by atomic mass is 16.5. The molecule has 0 bridgehead atoms. The number of ether oxygens (including phenoxy) is 1. The number of benzene rings is 8. The van der Waals surface area contributed by atoms with Gasteiger partial charge in [0, 0.05) is 11.1 Å². The Morgan fingerprint density at radius 2 is 1.17 bits per heavy atom. The summed E-state index contributed by atoms with van der Waals surface area (Å²) in [4.78, 5) is 5.52. The summed E-state index contributed by atoms with van der Waals surface area (Å²) in [6, 6.07) is 66.4. The molecule has 3 heteroatoms. The molecule has 2 aliphatic heterocycles. The van der Waals surface area contributed by atoms with E-state index < -0.39 is 5.41 Å². The smallest absolute Gasteiger partial charge is 0.149 e. The predicted molar refractivity (Wildman–Crippen MR) is 218 cm³/mol. The standard InChI is InChI=1S/C51H34N2O/c1-3-15-31(16-4-1)40-29-33-19-7-8-20-35(33)46-45(40)38-28-27-34(30-43(38)51(46)41-24-12-9-21-36(41)37-22-10-13-25-42(37)51)47-49-48(39-23-11-14-26-44(39)54-49)53-50(52-47)32-17-5-2-6-18-32/h1-30,47-49H,(H,52,53). The molecule has 1 N–H and O–H groups in total. The quantitative estimate of drug-likeness (QED) is 0.200. The summed E-state index contributed by atoms with van der Waals surface area (Å²) < 4.78 is 6.84. The van der Waals surface area contributed by atoms with Crippen LogP contribution < -0.4 is 10.1 Å². The first kappa shape index (κ1) is 29.8. The van der Waals surface area contributed by atoms with Crippen LogP contribution >= 0.6 is 0 Å². The van der Waals surface area contributed by atoms with Gasteiger partial charge in [0.25, 0.3) is 0 Å². The molecule has 4 aliphatic rings. The average molecular weight is 691 g/mol. The van der Waals surface area contributed by atoms with E-state index in [1.54, 1.807) is 0 Å². The van der Waals surface area contributed by atoms with Crippen molar-refractivity contribution in [3.05, 3.63) is 221 Å². The second kappa shape index (κ2) is 11.1. The van der Waals surface area contributed by atoms with E-state index in [1.165, 1.54) is 72.0 Å². The fourth-order valence-electron chi connectivity index (χ4n) is 10.1. The number of fused-ring (bicyclic) bond motifs is 15.